The van der Waals surface area contributed by atoms with E-state index in [-0.39, 0.29) is 24.7 Å². The second-order valence-corrected chi connectivity index (χ2v) is 10.2. The van der Waals surface area contributed by atoms with Crippen LogP contribution in [0.15, 0.2) is 28.7 Å². The standard InChI is InChI=1S/C26H38BrN3O5/c1-5-7-8-9-20-15-22(31)29-21(14-18-10-12-19(27)13-11-18)25(33)28-17(4)24(32)30-23(16(3)6-2)26(34)35-20/h10-13,16-17,20-21,23H,5-9,14-15H2,1-4H3,(H,28,33)(H,29,31)(H,30,32)/t16-,17-,20+,21-,23+/m0/s1. The number of nitrogens with one attached hydrogen (secondary N) is 3. The molecule has 1 fully saturated rings. The van der Waals surface area contributed by atoms with Crippen LogP contribution in [0.5, 0.6) is 0 Å². The van der Waals surface area contributed by atoms with Gasteiger partial charge in [-0.05, 0) is 43.4 Å². The highest BCUT2D eigenvalue weighted by molar-refractivity contribution is 9.10. The van der Waals surface area contributed by atoms with Crippen molar-refractivity contribution in [2.24, 2.45) is 5.92 Å². The van der Waals surface area contributed by atoms with Gasteiger partial charge in [-0.3, -0.25) is 14.4 Å². The Hall–Kier alpha value is -2.42. The van der Waals surface area contributed by atoms with Crippen LogP contribution in [0.2, 0.25) is 0 Å². The van der Waals surface area contributed by atoms with Gasteiger partial charge in [0.05, 0.1) is 6.42 Å². The topological polar surface area (TPSA) is 114 Å². The first kappa shape index (κ1) is 28.8. The lowest BCUT2D eigenvalue weighted by Gasteiger charge is -2.26. The second-order valence-electron chi connectivity index (χ2n) is 9.31. The van der Waals surface area contributed by atoms with Crippen LogP contribution in [0.25, 0.3) is 0 Å². The minimum absolute atomic E-state index is 0.0453. The molecule has 2 rings (SSSR count). The van der Waals surface area contributed by atoms with Gasteiger partial charge >= 0.3 is 5.97 Å². The molecule has 1 aromatic rings. The van der Waals surface area contributed by atoms with Crippen molar-refractivity contribution in [1.29, 1.82) is 0 Å². The number of carbonyl (C=O) groups excluding carboxylic acids is 4. The molecular formula is C26H38BrN3O5. The number of cyclic esters (lactones) is 1. The average Bonchev–Trinajstić information content (AvgIpc) is 2.82. The summed E-state index contributed by atoms with van der Waals surface area (Å²) in [5, 5.41) is 8.24. The SMILES string of the molecule is CCCCC[C@@H]1CC(=O)N[C@@H](Cc2ccc(Br)cc2)C(=O)N[C@@H](C)C(=O)N[C@H]([C@@H](C)CC)C(=O)O1. The predicted octanol–water partition coefficient (Wildman–Crippen LogP) is 3.41. The summed E-state index contributed by atoms with van der Waals surface area (Å²) in [5.41, 5.74) is 0.859. The molecule has 0 unspecified atom stereocenters. The van der Waals surface area contributed by atoms with Gasteiger partial charge < -0.3 is 20.7 Å². The van der Waals surface area contributed by atoms with E-state index in [1.54, 1.807) is 6.92 Å². The number of hydrogen-bond acceptors (Lipinski definition) is 5. The molecule has 3 amide bonds. The third-order valence-corrected chi connectivity index (χ3v) is 6.88. The number of rotatable bonds is 8. The number of carbonyl (C=O) groups is 4. The summed E-state index contributed by atoms with van der Waals surface area (Å²) in [6.07, 6.45) is 3.52. The van der Waals surface area contributed by atoms with E-state index in [4.69, 9.17) is 4.74 Å². The van der Waals surface area contributed by atoms with E-state index in [1.165, 1.54) is 0 Å². The molecule has 1 aliphatic heterocycles. The Labute approximate surface area is 216 Å². The first-order valence-corrected chi connectivity index (χ1v) is 13.3. The molecule has 0 saturated carbocycles. The summed E-state index contributed by atoms with van der Waals surface area (Å²) in [6.45, 7) is 7.41. The number of amides is 3. The molecule has 1 heterocycles. The van der Waals surface area contributed by atoms with Crippen molar-refractivity contribution in [3.05, 3.63) is 34.3 Å². The third kappa shape index (κ3) is 9.28. The molecule has 1 saturated heterocycles. The molecule has 1 aromatic carbocycles. The van der Waals surface area contributed by atoms with Gasteiger partial charge in [-0.2, -0.15) is 0 Å². The van der Waals surface area contributed by atoms with Crippen molar-refractivity contribution in [3.63, 3.8) is 0 Å². The zero-order valence-electron chi connectivity index (χ0n) is 21.1. The van der Waals surface area contributed by atoms with Crippen molar-refractivity contribution in [3.8, 4) is 0 Å². The van der Waals surface area contributed by atoms with Gasteiger partial charge in [-0.15, -0.1) is 0 Å². The molecule has 0 bridgehead atoms. The third-order valence-electron chi connectivity index (χ3n) is 6.35. The maximum Gasteiger partial charge on any atom is 0.329 e. The summed E-state index contributed by atoms with van der Waals surface area (Å²) in [5.74, 6) is -2.03. The first-order chi connectivity index (χ1) is 16.6. The number of unbranched alkanes of at least 4 members (excludes halogenated alkanes) is 2. The molecule has 0 aliphatic carbocycles. The van der Waals surface area contributed by atoms with Crippen LogP contribution in [0.3, 0.4) is 0 Å². The largest absolute Gasteiger partial charge is 0.460 e. The molecule has 0 radical (unpaired) electrons. The summed E-state index contributed by atoms with van der Waals surface area (Å²) in [4.78, 5) is 52.0. The fourth-order valence-electron chi connectivity index (χ4n) is 3.91. The van der Waals surface area contributed by atoms with Gasteiger partial charge in [-0.25, -0.2) is 4.79 Å². The molecule has 0 spiro atoms. The number of hydrogen-bond donors (Lipinski definition) is 3. The van der Waals surface area contributed by atoms with E-state index in [0.29, 0.717) is 12.8 Å². The van der Waals surface area contributed by atoms with Crippen molar-refractivity contribution in [1.82, 2.24) is 16.0 Å². The van der Waals surface area contributed by atoms with Crippen molar-refractivity contribution < 1.29 is 23.9 Å². The molecule has 1 aliphatic rings. The van der Waals surface area contributed by atoms with Gasteiger partial charge in [0.15, 0.2) is 0 Å². The van der Waals surface area contributed by atoms with Crippen LogP contribution in [0.4, 0.5) is 0 Å². The second kappa shape index (κ2) is 14.2. The maximum absolute atomic E-state index is 13.1. The summed E-state index contributed by atoms with van der Waals surface area (Å²) in [6, 6.07) is 4.83. The molecule has 8 nitrogen and oxygen atoms in total. The summed E-state index contributed by atoms with van der Waals surface area (Å²) < 4.78 is 6.67. The van der Waals surface area contributed by atoms with E-state index in [9.17, 15) is 19.2 Å². The lowest BCUT2D eigenvalue weighted by atomic mass is 9.98. The highest BCUT2D eigenvalue weighted by Crippen LogP contribution is 2.17. The lowest BCUT2D eigenvalue weighted by Crippen LogP contribution is -2.55. The molecule has 9 heteroatoms. The summed E-state index contributed by atoms with van der Waals surface area (Å²) in [7, 11) is 0. The van der Waals surface area contributed by atoms with Gasteiger partial charge in [0.2, 0.25) is 17.7 Å². The fourth-order valence-corrected chi connectivity index (χ4v) is 4.18. The summed E-state index contributed by atoms with van der Waals surface area (Å²) >= 11 is 3.39. The van der Waals surface area contributed by atoms with Crippen molar-refractivity contribution in [2.75, 3.05) is 0 Å². The van der Waals surface area contributed by atoms with Crippen LogP contribution in [0.1, 0.15) is 71.8 Å². The van der Waals surface area contributed by atoms with E-state index in [0.717, 1.165) is 29.3 Å². The van der Waals surface area contributed by atoms with E-state index in [2.05, 4.69) is 38.8 Å². The first-order valence-electron chi connectivity index (χ1n) is 12.5. The van der Waals surface area contributed by atoms with Gasteiger partial charge in [0, 0.05) is 10.9 Å². The molecule has 35 heavy (non-hydrogen) atoms. The molecular weight excluding hydrogens is 514 g/mol. The van der Waals surface area contributed by atoms with Crippen LogP contribution in [0, 0.1) is 5.92 Å². The zero-order valence-corrected chi connectivity index (χ0v) is 22.7. The highest BCUT2D eigenvalue weighted by Gasteiger charge is 2.33. The van der Waals surface area contributed by atoms with Crippen LogP contribution in [-0.2, 0) is 30.3 Å². The number of esters is 1. The van der Waals surface area contributed by atoms with Crippen molar-refractivity contribution in [2.45, 2.75) is 96.9 Å². The highest BCUT2D eigenvalue weighted by atomic mass is 79.9. The van der Waals surface area contributed by atoms with Gasteiger partial charge in [0.1, 0.15) is 24.2 Å². The Morgan fingerprint density at radius 3 is 2.31 bits per heavy atom. The molecule has 5 atom stereocenters. The van der Waals surface area contributed by atoms with Crippen LogP contribution >= 0.6 is 15.9 Å². The van der Waals surface area contributed by atoms with E-state index < -0.39 is 42.0 Å². The minimum Gasteiger partial charge on any atom is -0.460 e. The van der Waals surface area contributed by atoms with E-state index >= 15 is 0 Å². The van der Waals surface area contributed by atoms with Crippen LogP contribution in [-0.4, -0.2) is 47.9 Å². The van der Waals surface area contributed by atoms with Gasteiger partial charge in [0.25, 0.3) is 0 Å². The van der Waals surface area contributed by atoms with Gasteiger partial charge in [-0.1, -0.05) is 68.1 Å². The van der Waals surface area contributed by atoms with E-state index in [1.807, 2.05) is 38.1 Å². The number of benzene rings is 1. The molecule has 194 valence electrons. The Balaban J connectivity index is 2.32. The smallest absolute Gasteiger partial charge is 0.329 e. The normalized spacial score (nSPS) is 25.2. The minimum atomic E-state index is -0.896. The molecule has 3 N–H and O–H groups in total. The predicted molar refractivity (Wildman–Crippen MR) is 137 cm³/mol. The fraction of sp³-hybridized carbons (Fsp3) is 0.615. The monoisotopic (exact) mass is 551 g/mol. The number of ether oxygens (including phenoxy) is 1. The Kier molecular flexibility index (Phi) is 11.7. The maximum atomic E-state index is 13.1. The Bertz CT molecular complexity index is 876. The Morgan fingerprint density at radius 1 is 1.00 bits per heavy atom. The Morgan fingerprint density at radius 2 is 1.69 bits per heavy atom. The number of halogens is 1. The quantitative estimate of drug-likeness (QED) is 0.338. The van der Waals surface area contributed by atoms with Crippen LogP contribution < -0.4 is 16.0 Å². The zero-order chi connectivity index (χ0) is 26.0. The lowest BCUT2D eigenvalue weighted by molar-refractivity contribution is -0.156. The van der Waals surface area contributed by atoms with Crippen molar-refractivity contribution >= 4 is 39.6 Å². The average molecular weight is 553 g/mol. The molecule has 0 aromatic heterocycles.